The molecule has 1 heterocycles. The first-order valence-corrected chi connectivity index (χ1v) is 7.06. The number of halogens is 2. The second-order valence-corrected chi connectivity index (χ2v) is 5.27. The number of hydrogen-bond acceptors (Lipinski definition) is 4. The highest BCUT2D eigenvalue weighted by Crippen LogP contribution is 2.29. The van der Waals surface area contributed by atoms with Gasteiger partial charge in [0.1, 0.15) is 18.0 Å². The number of aromatic nitrogens is 2. The molecule has 0 saturated carbocycles. The van der Waals surface area contributed by atoms with Crippen LogP contribution in [-0.4, -0.2) is 16.5 Å². The average Bonchev–Trinajstić information content (AvgIpc) is 2.37. The van der Waals surface area contributed by atoms with E-state index in [0.717, 1.165) is 33.9 Å². The molecule has 100 valence electrons. The standard InChI is InChI=1S/C13H14BrClN4/c1-3-16-12-8(2)13(18-7-17-12)19-11-5-4-9(15)6-10(11)14/h4-7H,3H2,1-2H3,(H2,16,17,18,19). The Labute approximate surface area is 125 Å². The van der Waals surface area contributed by atoms with Gasteiger partial charge in [0.25, 0.3) is 0 Å². The van der Waals surface area contributed by atoms with Gasteiger partial charge < -0.3 is 10.6 Å². The molecular formula is C13H14BrClN4. The van der Waals surface area contributed by atoms with E-state index in [1.54, 1.807) is 0 Å². The summed E-state index contributed by atoms with van der Waals surface area (Å²) in [6, 6.07) is 5.57. The van der Waals surface area contributed by atoms with Gasteiger partial charge in [-0.2, -0.15) is 0 Å². The Balaban J connectivity index is 2.30. The molecule has 0 bridgehead atoms. The van der Waals surface area contributed by atoms with Crippen LogP contribution in [0.2, 0.25) is 5.02 Å². The first kappa shape index (κ1) is 14.1. The highest BCUT2D eigenvalue weighted by molar-refractivity contribution is 9.10. The molecule has 19 heavy (non-hydrogen) atoms. The van der Waals surface area contributed by atoms with E-state index in [1.807, 2.05) is 32.0 Å². The number of anilines is 3. The maximum atomic E-state index is 5.92. The number of nitrogens with one attached hydrogen (secondary N) is 2. The minimum atomic E-state index is 0.685. The molecule has 0 amide bonds. The van der Waals surface area contributed by atoms with Crippen molar-refractivity contribution in [1.29, 1.82) is 0 Å². The zero-order chi connectivity index (χ0) is 13.8. The quantitative estimate of drug-likeness (QED) is 0.866. The van der Waals surface area contributed by atoms with E-state index in [9.17, 15) is 0 Å². The molecule has 1 aromatic heterocycles. The van der Waals surface area contributed by atoms with Crippen molar-refractivity contribution in [3.8, 4) is 0 Å². The predicted molar refractivity (Wildman–Crippen MR) is 83.4 cm³/mol. The van der Waals surface area contributed by atoms with Gasteiger partial charge >= 0.3 is 0 Å². The maximum absolute atomic E-state index is 5.92. The Morgan fingerprint density at radius 3 is 2.68 bits per heavy atom. The van der Waals surface area contributed by atoms with Crippen molar-refractivity contribution in [1.82, 2.24) is 9.97 Å². The third-order valence-corrected chi connectivity index (χ3v) is 3.50. The van der Waals surface area contributed by atoms with Crippen molar-refractivity contribution in [2.45, 2.75) is 13.8 Å². The summed E-state index contributed by atoms with van der Waals surface area (Å²) in [7, 11) is 0. The highest BCUT2D eigenvalue weighted by Gasteiger charge is 2.08. The Bertz CT molecular complexity index is 589. The molecule has 2 rings (SSSR count). The molecule has 0 radical (unpaired) electrons. The summed E-state index contributed by atoms with van der Waals surface area (Å²) in [6.07, 6.45) is 1.54. The van der Waals surface area contributed by atoms with E-state index in [4.69, 9.17) is 11.6 Å². The molecule has 0 aliphatic rings. The Morgan fingerprint density at radius 1 is 1.26 bits per heavy atom. The van der Waals surface area contributed by atoms with Crippen LogP contribution in [0, 0.1) is 6.92 Å². The van der Waals surface area contributed by atoms with Crippen LogP contribution in [0.3, 0.4) is 0 Å². The van der Waals surface area contributed by atoms with Crippen LogP contribution in [0.15, 0.2) is 29.0 Å². The summed E-state index contributed by atoms with van der Waals surface area (Å²) in [5.41, 5.74) is 1.89. The Hall–Kier alpha value is -1.33. The Kier molecular flexibility index (Phi) is 4.61. The van der Waals surface area contributed by atoms with E-state index < -0.39 is 0 Å². The molecule has 1 aromatic carbocycles. The third-order valence-electron chi connectivity index (χ3n) is 2.61. The fraction of sp³-hybridized carbons (Fsp3) is 0.231. The van der Waals surface area contributed by atoms with Gasteiger partial charge in [0.2, 0.25) is 0 Å². The van der Waals surface area contributed by atoms with Crippen LogP contribution in [0.4, 0.5) is 17.3 Å². The molecule has 0 unspecified atom stereocenters. The number of benzene rings is 1. The minimum Gasteiger partial charge on any atom is -0.370 e. The molecule has 0 spiro atoms. The molecule has 0 aliphatic heterocycles. The third kappa shape index (κ3) is 3.36. The average molecular weight is 342 g/mol. The molecule has 0 saturated heterocycles. The largest absolute Gasteiger partial charge is 0.370 e. The molecule has 0 fully saturated rings. The number of rotatable bonds is 4. The Morgan fingerprint density at radius 2 is 2.00 bits per heavy atom. The van der Waals surface area contributed by atoms with Gasteiger partial charge in [0, 0.05) is 21.6 Å². The second kappa shape index (κ2) is 6.21. The predicted octanol–water partition coefficient (Wildman–Crippen LogP) is 4.38. The van der Waals surface area contributed by atoms with Crippen molar-refractivity contribution in [2.24, 2.45) is 0 Å². The van der Waals surface area contributed by atoms with Gasteiger partial charge in [-0.3, -0.25) is 0 Å². The maximum Gasteiger partial charge on any atom is 0.138 e. The van der Waals surface area contributed by atoms with Gasteiger partial charge in [-0.05, 0) is 48.0 Å². The molecule has 0 aliphatic carbocycles. The molecule has 4 nitrogen and oxygen atoms in total. The number of hydrogen-bond donors (Lipinski definition) is 2. The van der Waals surface area contributed by atoms with Crippen LogP contribution >= 0.6 is 27.5 Å². The van der Waals surface area contributed by atoms with Gasteiger partial charge in [0.05, 0.1) is 5.69 Å². The topological polar surface area (TPSA) is 49.8 Å². The van der Waals surface area contributed by atoms with Crippen LogP contribution in [0.25, 0.3) is 0 Å². The summed E-state index contributed by atoms with van der Waals surface area (Å²) in [4.78, 5) is 8.48. The van der Waals surface area contributed by atoms with E-state index >= 15 is 0 Å². The summed E-state index contributed by atoms with van der Waals surface area (Å²) in [5.74, 6) is 1.61. The second-order valence-electron chi connectivity index (χ2n) is 3.98. The van der Waals surface area contributed by atoms with Gasteiger partial charge in [-0.1, -0.05) is 11.6 Å². The van der Waals surface area contributed by atoms with Crippen LogP contribution in [0.1, 0.15) is 12.5 Å². The summed E-state index contributed by atoms with van der Waals surface area (Å²) in [5, 5.41) is 7.16. The van der Waals surface area contributed by atoms with E-state index in [2.05, 4.69) is 36.5 Å². The first-order valence-electron chi connectivity index (χ1n) is 5.89. The van der Waals surface area contributed by atoms with E-state index in [-0.39, 0.29) is 0 Å². The van der Waals surface area contributed by atoms with Crippen molar-refractivity contribution >= 4 is 44.9 Å². The lowest BCUT2D eigenvalue weighted by atomic mass is 10.2. The van der Waals surface area contributed by atoms with Gasteiger partial charge in [-0.15, -0.1) is 0 Å². The molecule has 2 aromatic rings. The summed E-state index contributed by atoms with van der Waals surface area (Å²) >= 11 is 9.40. The molecular weight excluding hydrogens is 328 g/mol. The normalized spacial score (nSPS) is 10.3. The smallest absolute Gasteiger partial charge is 0.138 e. The zero-order valence-corrected chi connectivity index (χ0v) is 13.0. The number of nitrogens with zero attached hydrogens (tertiary/aromatic N) is 2. The van der Waals surface area contributed by atoms with Crippen LogP contribution in [0.5, 0.6) is 0 Å². The fourth-order valence-corrected chi connectivity index (χ4v) is 2.42. The molecule has 2 N–H and O–H groups in total. The lowest BCUT2D eigenvalue weighted by Gasteiger charge is -2.13. The zero-order valence-electron chi connectivity index (χ0n) is 10.7. The van der Waals surface area contributed by atoms with Crippen LogP contribution < -0.4 is 10.6 Å². The van der Waals surface area contributed by atoms with Crippen molar-refractivity contribution in [2.75, 3.05) is 17.2 Å². The summed E-state index contributed by atoms with van der Waals surface area (Å²) < 4.78 is 0.892. The lowest BCUT2D eigenvalue weighted by molar-refractivity contribution is 1.08. The van der Waals surface area contributed by atoms with Gasteiger partial charge in [0.15, 0.2) is 0 Å². The first-order chi connectivity index (χ1) is 9.11. The van der Waals surface area contributed by atoms with Crippen molar-refractivity contribution in [3.63, 3.8) is 0 Å². The summed E-state index contributed by atoms with van der Waals surface area (Å²) in [6.45, 7) is 4.83. The minimum absolute atomic E-state index is 0.685. The SMILES string of the molecule is CCNc1ncnc(Nc2ccc(Cl)cc2Br)c1C. The molecule has 0 atom stereocenters. The van der Waals surface area contributed by atoms with Gasteiger partial charge in [-0.25, -0.2) is 9.97 Å². The van der Waals surface area contributed by atoms with Crippen molar-refractivity contribution in [3.05, 3.63) is 39.6 Å². The van der Waals surface area contributed by atoms with Crippen LogP contribution in [-0.2, 0) is 0 Å². The van der Waals surface area contributed by atoms with Crippen molar-refractivity contribution < 1.29 is 0 Å². The monoisotopic (exact) mass is 340 g/mol. The van der Waals surface area contributed by atoms with E-state index in [0.29, 0.717) is 5.02 Å². The molecule has 6 heteroatoms. The van der Waals surface area contributed by atoms with E-state index in [1.165, 1.54) is 6.33 Å². The highest BCUT2D eigenvalue weighted by atomic mass is 79.9. The lowest BCUT2D eigenvalue weighted by Crippen LogP contribution is -2.05. The fourth-order valence-electron chi connectivity index (χ4n) is 1.64.